The Labute approximate surface area is 119 Å². The average Bonchev–Trinajstić information content (AvgIpc) is 2.89. The second kappa shape index (κ2) is 5.05. The summed E-state index contributed by atoms with van der Waals surface area (Å²) in [6.45, 7) is 0. The minimum absolute atomic E-state index is 0.507. The third kappa shape index (κ3) is 2.08. The van der Waals surface area contributed by atoms with Crippen LogP contribution in [0.3, 0.4) is 0 Å². The topological polar surface area (TPSA) is 44.2 Å². The van der Waals surface area contributed by atoms with Crippen LogP contribution in [-0.4, -0.2) is 23.6 Å². The Bertz CT molecular complexity index is 756. The lowest BCUT2D eigenvalue weighted by Gasteiger charge is -2.07. The van der Waals surface area contributed by atoms with Crippen molar-refractivity contribution < 1.29 is 13.9 Å². The first-order chi connectivity index (χ1) is 9.72. The number of benzene rings is 1. The largest absolute Gasteiger partial charge is 0.493 e. The molecule has 0 atom stereocenters. The molecule has 0 N–H and O–H groups in total. The van der Waals surface area contributed by atoms with Crippen LogP contribution in [0.5, 0.6) is 11.5 Å². The number of hydrogen-bond acceptors (Lipinski definition) is 5. The van der Waals surface area contributed by atoms with E-state index >= 15 is 0 Å². The Morgan fingerprint density at radius 2 is 1.85 bits per heavy atom. The molecule has 0 spiro atoms. The van der Waals surface area contributed by atoms with Crippen molar-refractivity contribution in [3.05, 3.63) is 36.4 Å². The number of pyridine rings is 1. The van der Waals surface area contributed by atoms with Gasteiger partial charge < -0.3 is 9.47 Å². The molecule has 0 saturated heterocycles. The second-order valence-corrected chi connectivity index (χ2v) is 4.91. The quantitative estimate of drug-likeness (QED) is 0.692. The number of rotatable bonds is 3. The molecule has 3 aromatic rings. The Morgan fingerprint density at radius 1 is 1.10 bits per heavy atom. The van der Waals surface area contributed by atoms with Crippen molar-refractivity contribution in [3.8, 4) is 22.8 Å². The van der Waals surface area contributed by atoms with Gasteiger partial charge in [0.15, 0.2) is 11.5 Å². The van der Waals surface area contributed by atoms with Crippen molar-refractivity contribution in [1.29, 1.82) is 0 Å². The second-order valence-electron chi connectivity index (χ2n) is 4.10. The maximum Gasteiger partial charge on any atom is 0.212 e. The van der Waals surface area contributed by atoms with E-state index < -0.39 is 5.95 Å². The molecule has 4 nitrogen and oxygen atoms in total. The molecule has 0 aliphatic heterocycles. The molecule has 102 valence electrons. The van der Waals surface area contributed by atoms with Gasteiger partial charge in [-0.1, -0.05) is 0 Å². The molecular weight excluding hydrogens is 279 g/mol. The van der Waals surface area contributed by atoms with Crippen LogP contribution in [0.15, 0.2) is 30.5 Å². The third-order valence-electron chi connectivity index (χ3n) is 2.98. The minimum Gasteiger partial charge on any atom is -0.493 e. The van der Waals surface area contributed by atoms with Gasteiger partial charge in [-0.15, -0.1) is 0 Å². The smallest absolute Gasteiger partial charge is 0.212 e. The summed E-state index contributed by atoms with van der Waals surface area (Å²) < 4.78 is 28.8. The molecule has 0 aliphatic rings. The highest BCUT2D eigenvalue weighted by atomic mass is 32.1. The highest BCUT2D eigenvalue weighted by molar-refractivity contribution is 7.13. The minimum atomic E-state index is -0.507. The SMILES string of the molecule is COc1cc2snc(-c3ccc(F)nc3)c2cc1OC. The maximum atomic E-state index is 12.9. The van der Waals surface area contributed by atoms with Gasteiger partial charge in [-0.2, -0.15) is 8.76 Å². The number of aromatic nitrogens is 2. The number of ether oxygens (including phenoxy) is 2. The standard InChI is InChI=1S/C14H11FN2O2S/c1-18-10-5-9-12(6-11(10)19-2)20-17-14(9)8-3-4-13(15)16-7-8/h3-7H,1-2H3. The molecule has 0 unspecified atom stereocenters. The molecule has 2 aromatic heterocycles. The summed E-state index contributed by atoms with van der Waals surface area (Å²) >= 11 is 1.35. The van der Waals surface area contributed by atoms with E-state index in [1.54, 1.807) is 20.3 Å². The fourth-order valence-electron chi connectivity index (χ4n) is 1.99. The van der Waals surface area contributed by atoms with E-state index in [9.17, 15) is 4.39 Å². The molecule has 2 heterocycles. The van der Waals surface area contributed by atoms with E-state index in [1.807, 2.05) is 12.1 Å². The number of hydrogen-bond donors (Lipinski definition) is 0. The van der Waals surface area contributed by atoms with Crippen LogP contribution in [0.1, 0.15) is 0 Å². The molecule has 0 amide bonds. The Hall–Kier alpha value is -2.21. The van der Waals surface area contributed by atoms with Gasteiger partial charge in [-0.05, 0) is 29.7 Å². The summed E-state index contributed by atoms with van der Waals surface area (Å²) in [5.74, 6) is 0.788. The lowest BCUT2D eigenvalue weighted by molar-refractivity contribution is 0.356. The van der Waals surface area contributed by atoms with Gasteiger partial charge in [0.05, 0.1) is 24.6 Å². The molecule has 6 heteroatoms. The van der Waals surface area contributed by atoms with Crippen molar-refractivity contribution in [1.82, 2.24) is 9.36 Å². The zero-order chi connectivity index (χ0) is 14.1. The van der Waals surface area contributed by atoms with Gasteiger partial charge in [0.1, 0.15) is 0 Å². The molecule has 20 heavy (non-hydrogen) atoms. The van der Waals surface area contributed by atoms with E-state index in [2.05, 4.69) is 9.36 Å². The molecule has 0 aliphatic carbocycles. The first-order valence-corrected chi connectivity index (χ1v) is 6.63. The van der Waals surface area contributed by atoms with Gasteiger partial charge in [0.25, 0.3) is 0 Å². The molecule has 0 saturated carbocycles. The van der Waals surface area contributed by atoms with Gasteiger partial charge >= 0.3 is 0 Å². The predicted octanol–water partition coefficient (Wildman–Crippen LogP) is 3.51. The highest BCUT2D eigenvalue weighted by Crippen LogP contribution is 2.38. The monoisotopic (exact) mass is 290 g/mol. The zero-order valence-electron chi connectivity index (χ0n) is 10.9. The van der Waals surface area contributed by atoms with Gasteiger partial charge in [-0.3, -0.25) is 0 Å². The van der Waals surface area contributed by atoms with E-state index in [0.29, 0.717) is 11.5 Å². The van der Waals surface area contributed by atoms with E-state index in [1.165, 1.54) is 23.8 Å². The molecular formula is C14H11FN2O2S. The van der Waals surface area contributed by atoms with Crippen LogP contribution < -0.4 is 9.47 Å². The van der Waals surface area contributed by atoms with E-state index in [-0.39, 0.29) is 0 Å². The Morgan fingerprint density at radius 3 is 2.50 bits per heavy atom. The normalized spacial score (nSPS) is 10.8. The summed E-state index contributed by atoms with van der Waals surface area (Å²) in [5.41, 5.74) is 1.53. The predicted molar refractivity (Wildman–Crippen MR) is 75.9 cm³/mol. The van der Waals surface area contributed by atoms with Crippen molar-refractivity contribution in [2.45, 2.75) is 0 Å². The summed E-state index contributed by atoms with van der Waals surface area (Å²) in [7, 11) is 3.18. The first kappa shape index (κ1) is 12.8. The van der Waals surface area contributed by atoms with Crippen molar-refractivity contribution >= 4 is 21.6 Å². The van der Waals surface area contributed by atoms with E-state index in [4.69, 9.17) is 9.47 Å². The Balaban J connectivity index is 2.20. The van der Waals surface area contributed by atoms with Crippen molar-refractivity contribution in [2.75, 3.05) is 14.2 Å². The summed E-state index contributed by atoms with van der Waals surface area (Å²) in [6, 6.07) is 6.73. The van der Waals surface area contributed by atoms with Crippen LogP contribution in [0.4, 0.5) is 4.39 Å². The summed E-state index contributed by atoms with van der Waals surface area (Å²) in [5, 5.41) is 0.932. The van der Waals surface area contributed by atoms with Crippen molar-refractivity contribution in [2.24, 2.45) is 0 Å². The summed E-state index contributed by atoms with van der Waals surface area (Å²) in [4.78, 5) is 3.66. The van der Waals surface area contributed by atoms with Crippen LogP contribution >= 0.6 is 11.5 Å². The highest BCUT2D eigenvalue weighted by Gasteiger charge is 2.13. The van der Waals surface area contributed by atoms with Crippen LogP contribution in [0, 0.1) is 5.95 Å². The number of fused-ring (bicyclic) bond motifs is 1. The van der Waals surface area contributed by atoms with Gasteiger partial charge in [0, 0.05) is 23.2 Å². The number of nitrogens with zero attached hydrogens (tertiary/aromatic N) is 2. The van der Waals surface area contributed by atoms with Gasteiger partial charge in [0.2, 0.25) is 5.95 Å². The lowest BCUT2D eigenvalue weighted by atomic mass is 10.1. The lowest BCUT2D eigenvalue weighted by Crippen LogP contribution is -1.90. The van der Waals surface area contributed by atoms with Crippen molar-refractivity contribution in [3.63, 3.8) is 0 Å². The fraction of sp³-hybridized carbons (Fsp3) is 0.143. The third-order valence-corrected chi connectivity index (χ3v) is 3.79. The summed E-state index contributed by atoms with van der Waals surface area (Å²) in [6.07, 6.45) is 1.47. The average molecular weight is 290 g/mol. The number of methoxy groups -OCH3 is 2. The molecule has 0 bridgehead atoms. The van der Waals surface area contributed by atoms with Gasteiger partial charge in [-0.25, -0.2) is 4.98 Å². The Kier molecular flexibility index (Phi) is 3.23. The molecule has 0 fully saturated rings. The van der Waals surface area contributed by atoms with Crippen LogP contribution in [-0.2, 0) is 0 Å². The molecule has 3 rings (SSSR count). The molecule has 1 aromatic carbocycles. The van der Waals surface area contributed by atoms with E-state index in [0.717, 1.165) is 21.3 Å². The zero-order valence-corrected chi connectivity index (χ0v) is 11.7. The fourth-order valence-corrected chi connectivity index (χ4v) is 2.80. The first-order valence-electron chi connectivity index (χ1n) is 5.86. The van der Waals surface area contributed by atoms with Crippen LogP contribution in [0.25, 0.3) is 21.3 Å². The number of halogens is 1. The van der Waals surface area contributed by atoms with Crippen LogP contribution in [0.2, 0.25) is 0 Å². The maximum absolute atomic E-state index is 12.9. The molecule has 0 radical (unpaired) electrons.